The number of rotatable bonds is 7. The SMILES string of the molecule is CCOc1ccccc1NC(=O)Nc1ccccc1SCc1cc(=O)n2ccc(C)cc2n1. The van der Waals surface area contributed by atoms with Crippen molar-refractivity contribution in [2.24, 2.45) is 0 Å². The standard InChI is InChI=1S/C25H24N4O3S/c1-3-32-21-10-6-4-8-19(21)27-25(31)28-20-9-5-7-11-22(20)33-16-18-15-24(30)29-13-12-17(2)14-23(29)26-18/h4-15H,3,16H2,1-2H3,(H2,27,28,31). The van der Waals surface area contributed by atoms with Gasteiger partial charge in [0.2, 0.25) is 0 Å². The van der Waals surface area contributed by atoms with Crippen molar-refractivity contribution in [3.05, 3.63) is 94.5 Å². The van der Waals surface area contributed by atoms with Crippen LogP contribution in [0.5, 0.6) is 5.75 Å². The molecule has 0 fully saturated rings. The molecule has 33 heavy (non-hydrogen) atoms. The maximum Gasteiger partial charge on any atom is 0.323 e. The number of ether oxygens (including phenoxy) is 1. The number of carbonyl (C=O) groups excluding carboxylic acids is 1. The number of carbonyl (C=O) groups is 1. The summed E-state index contributed by atoms with van der Waals surface area (Å²) in [6, 6.07) is 19.8. The topological polar surface area (TPSA) is 84.7 Å². The largest absolute Gasteiger partial charge is 0.492 e. The van der Waals surface area contributed by atoms with Crippen molar-refractivity contribution in [2.45, 2.75) is 24.5 Å². The zero-order valence-corrected chi connectivity index (χ0v) is 19.2. The third-order valence-corrected chi connectivity index (χ3v) is 5.93. The molecule has 168 valence electrons. The molecule has 0 aliphatic heterocycles. The molecule has 0 radical (unpaired) electrons. The van der Waals surface area contributed by atoms with Gasteiger partial charge < -0.3 is 15.4 Å². The van der Waals surface area contributed by atoms with Crippen LogP contribution in [0.4, 0.5) is 16.2 Å². The van der Waals surface area contributed by atoms with Crippen molar-refractivity contribution in [1.29, 1.82) is 0 Å². The Bertz CT molecular complexity index is 1350. The molecular weight excluding hydrogens is 436 g/mol. The second kappa shape index (κ2) is 10.2. The van der Waals surface area contributed by atoms with E-state index in [9.17, 15) is 9.59 Å². The summed E-state index contributed by atoms with van der Waals surface area (Å²) >= 11 is 1.50. The Labute approximate surface area is 195 Å². The monoisotopic (exact) mass is 460 g/mol. The van der Waals surface area contributed by atoms with E-state index in [-0.39, 0.29) is 11.6 Å². The molecule has 0 aliphatic rings. The lowest BCUT2D eigenvalue weighted by Crippen LogP contribution is -2.20. The lowest BCUT2D eigenvalue weighted by molar-refractivity contribution is 0.262. The molecule has 0 saturated carbocycles. The lowest BCUT2D eigenvalue weighted by atomic mass is 10.3. The third-order valence-electron chi connectivity index (χ3n) is 4.82. The summed E-state index contributed by atoms with van der Waals surface area (Å²) in [6.45, 7) is 4.36. The molecule has 2 amide bonds. The maximum absolute atomic E-state index is 12.6. The minimum absolute atomic E-state index is 0.116. The first kappa shape index (κ1) is 22.4. The van der Waals surface area contributed by atoms with E-state index in [4.69, 9.17) is 4.74 Å². The highest BCUT2D eigenvalue weighted by Gasteiger charge is 2.11. The molecule has 0 unspecified atom stereocenters. The number of amides is 2. The molecule has 2 aromatic heterocycles. The van der Waals surface area contributed by atoms with E-state index in [2.05, 4.69) is 15.6 Å². The Morgan fingerprint density at radius 3 is 2.58 bits per heavy atom. The summed E-state index contributed by atoms with van der Waals surface area (Å²) in [4.78, 5) is 30.6. The Balaban J connectivity index is 1.47. The second-order valence-corrected chi connectivity index (χ2v) is 8.33. The summed E-state index contributed by atoms with van der Waals surface area (Å²) in [6.07, 6.45) is 1.73. The van der Waals surface area contributed by atoms with Gasteiger partial charge in [-0.3, -0.25) is 9.20 Å². The van der Waals surface area contributed by atoms with Crippen molar-refractivity contribution in [3.8, 4) is 5.75 Å². The molecule has 2 N–H and O–H groups in total. The van der Waals surface area contributed by atoms with Gasteiger partial charge in [-0.1, -0.05) is 24.3 Å². The Morgan fingerprint density at radius 2 is 1.76 bits per heavy atom. The summed E-state index contributed by atoms with van der Waals surface area (Å²) < 4.78 is 7.09. The van der Waals surface area contributed by atoms with Gasteiger partial charge in [-0.05, 0) is 55.8 Å². The van der Waals surface area contributed by atoms with Gasteiger partial charge in [0.05, 0.1) is 23.7 Å². The fourth-order valence-corrected chi connectivity index (χ4v) is 4.20. The highest BCUT2D eigenvalue weighted by molar-refractivity contribution is 7.98. The number of nitrogens with one attached hydrogen (secondary N) is 2. The molecule has 2 heterocycles. The van der Waals surface area contributed by atoms with Crippen LogP contribution in [-0.4, -0.2) is 22.0 Å². The van der Waals surface area contributed by atoms with Crippen molar-refractivity contribution >= 4 is 34.8 Å². The van der Waals surface area contributed by atoms with Gasteiger partial charge >= 0.3 is 6.03 Å². The number of benzene rings is 2. The number of hydrogen-bond donors (Lipinski definition) is 2. The van der Waals surface area contributed by atoms with Crippen LogP contribution in [-0.2, 0) is 5.75 Å². The van der Waals surface area contributed by atoms with Gasteiger partial charge in [0, 0.05) is 22.9 Å². The molecule has 0 bridgehead atoms. The Morgan fingerprint density at radius 1 is 1.03 bits per heavy atom. The molecule has 0 saturated heterocycles. The number of anilines is 2. The number of nitrogens with zero attached hydrogens (tertiary/aromatic N) is 2. The van der Waals surface area contributed by atoms with Gasteiger partial charge in [0.15, 0.2) is 0 Å². The number of urea groups is 1. The van der Waals surface area contributed by atoms with Crippen molar-refractivity contribution in [3.63, 3.8) is 0 Å². The molecule has 7 nitrogen and oxygen atoms in total. The van der Waals surface area contributed by atoms with Crippen LogP contribution in [0.2, 0.25) is 0 Å². The van der Waals surface area contributed by atoms with Crippen LogP contribution in [0.1, 0.15) is 18.2 Å². The van der Waals surface area contributed by atoms with Gasteiger partial charge in [-0.2, -0.15) is 0 Å². The van der Waals surface area contributed by atoms with Gasteiger partial charge in [-0.25, -0.2) is 9.78 Å². The van der Waals surface area contributed by atoms with Gasteiger partial charge in [-0.15, -0.1) is 11.8 Å². The van der Waals surface area contributed by atoms with E-state index < -0.39 is 0 Å². The fourth-order valence-electron chi connectivity index (χ4n) is 3.30. The van der Waals surface area contributed by atoms with Crippen molar-refractivity contribution in [1.82, 2.24) is 9.38 Å². The fraction of sp³-hybridized carbons (Fsp3) is 0.160. The van der Waals surface area contributed by atoms with Crippen LogP contribution < -0.4 is 20.9 Å². The molecule has 2 aromatic carbocycles. The predicted molar refractivity (Wildman–Crippen MR) is 132 cm³/mol. The van der Waals surface area contributed by atoms with Crippen LogP contribution in [0.3, 0.4) is 0 Å². The number of hydrogen-bond acceptors (Lipinski definition) is 5. The molecule has 8 heteroatoms. The summed E-state index contributed by atoms with van der Waals surface area (Å²) in [5.41, 5.74) is 3.49. The summed E-state index contributed by atoms with van der Waals surface area (Å²) in [7, 11) is 0. The zero-order chi connectivity index (χ0) is 23.2. The molecule has 0 spiro atoms. The van der Waals surface area contributed by atoms with Crippen LogP contribution in [0, 0.1) is 6.92 Å². The number of para-hydroxylation sites is 3. The second-order valence-electron chi connectivity index (χ2n) is 7.31. The number of aryl methyl sites for hydroxylation is 1. The quantitative estimate of drug-likeness (QED) is 0.364. The van der Waals surface area contributed by atoms with Crippen LogP contribution in [0.25, 0.3) is 5.65 Å². The van der Waals surface area contributed by atoms with Crippen LogP contribution in [0.15, 0.2) is 82.6 Å². The highest BCUT2D eigenvalue weighted by atomic mass is 32.2. The molecule has 0 aliphatic carbocycles. The number of thioether (sulfide) groups is 1. The first-order valence-corrected chi connectivity index (χ1v) is 11.5. The van der Waals surface area contributed by atoms with Crippen molar-refractivity contribution in [2.75, 3.05) is 17.2 Å². The van der Waals surface area contributed by atoms with E-state index in [0.717, 1.165) is 10.5 Å². The Hall–Kier alpha value is -3.78. The third kappa shape index (κ3) is 5.53. The van der Waals surface area contributed by atoms with E-state index in [1.54, 1.807) is 18.3 Å². The van der Waals surface area contributed by atoms with Gasteiger partial charge in [0.1, 0.15) is 11.4 Å². The summed E-state index contributed by atoms with van der Waals surface area (Å²) in [5, 5.41) is 5.74. The molecule has 4 aromatic rings. The van der Waals surface area contributed by atoms with Crippen LogP contribution >= 0.6 is 11.8 Å². The smallest absolute Gasteiger partial charge is 0.323 e. The minimum atomic E-state index is -0.368. The first-order valence-electron chi connectivity index (χ1n) is 10.5. The number of aromatic nitrogens is 2. The zero-order valence-electron chi connectivity index (χ0n) is 18.4. The predicted octanol–water partition coefficient (Wildman–Crippen LogP) is 5.34. The normalized spacial score (nSPS) is 10.7. The molecule has 4 rings (SSSR count). The summed E-state index contributed by atoms with van der Waals surface area (Å²) in [5.74, 6) is 1.11. The highest BCUT2D eigenvalue weighted by Crippen LogP contribution is 2.30. The number of fused-ring (bicyclic) bond motifs is 1. The average molecular weight is 461 g/mol. The lowest BCUT2D eigenvalue weighted by Gasteiger charge is -2.14. The molecular formula is C25H24N4O3S. The number of pyridine rings is 1. The van der Waals surface area contributed by atoms with E-state index in [0.29, 0.717) is 40.8 Å². The Kier molecular flexibility index (Phi) is 6.95. The van der Waals surface area contributed by atoms with E-state index >= 15 is 0 Å². The maximum atomic E-state index is 12.6. The minimum Gasteiger partial charge on any atom is -0.492 e. The first-order chi connectivity index (χ1) is 16.0. The van der Waals surface area contributed by atoms with Crippen molar-refractivity contribution < 1.29 is 9.53 Å². The average Bonchev–Trinajstić information content (AvgIpc) is 2.79. The molecule has 0 atom stereocenters. The van der Waals surface area contributed by atoms with E-state index in [1.165, 1.54) is 16.2 Å². The van der Waals surface area contributed by atoms with E-state index in [1.807, 2.05) is 68.4 Å². The van der Waals surface area contributed by atoms with Gasteiger partial charge in [0.25, 0.3) is 5.56 Å².